The third-order valence-electron chi connectivity index (χ3n) is 3.94. The number of anilines is 5. The molecule has 0 aliphatic heterocycles. The Labute approximate surface area is 161 Å². The van der Waals surface area contributed by atoms with E-state index in [2.05, 4.69) is 20.6 Å². The van der Waals surface area contributed by atoms with Crippen LogP contribution in [0.5, 0.6) is 11.5 Å². The summed E-state index contributed by atoms with van der Waals surface area (Å²) < 4.78 is 10.6. The molecule has 0 bridgehead atoms. The van der Waals surface area contributed by atoms with Crippen LogP contribution in [0.2, 0.25) is 0 Å². The number of benzene rings is 2. The van der Waals surface area contributed by atoms with E-state index in [9.17, 15) is 4.79 Å². The van der Waals surface area contributed by atoms with Crippen molar-refractivity contribution in [1.82, 2.24) is 9.97 Å². The van der Waals surface area contributed by atoms with Gasteiger partial charge in [-0.25, -0.2) is 14.8 Å². The highest BCUT2D eigenvalue weighted by molar-refractivity contribution is 5.88. The lowest BCUT2D eigenvalue weighted by Gasteiger charge is -2.15. The minimum Gasteiger partial charge on any atom is -0.497 e. The minimum absolute atomic E-state index is 0.190. The molecule has 0 aliphatic rings. The van der Waals surface area contributed by atoms with Crippen LogP contribution in [0.15, 0.2) is 48.8 Å². The molecule has 0 amide bonds. The van der Waals surface area contributed by atoms with Gasteiger partial charge >= 0.3 is 5.97 Å². The zero-order chi connectivity index (χ0) is 20.1. The quantitative estimate of drug-likeness (QED) is 0.487. The zero-order valence-electron chi connectivity index (χ0n) is 15.3. The molecule has 1 aromatic heterocycles. The van der Waals surface area contributed by atoms with Gasteiger partial charge in [-0.2, -0.15) is 0 Å². The van der Waals surface area contributed by atoms with Crippen LogP contribution in [0.25, 0.3) is 0 Å². The van der Waals surface area contributed by atoms with E-state index in [0.717, 1.165) is 0 Å². The Kier molecular flexibility index (Phi) is 5.45. The summed E-state index contributed by atoms with van der Waals surface area (Å²) in [5.41, 5.74) is 7.98. The van der Waals surface area contributed by atoms with Crippen molar-refractivity contribution < 1.29 is 19.4 Å². The molecule has 9 nitrogen and oxygen atoms in total. The Balaban J connectivity index is 1.84. The Bertz CT molecular complexity index is 992. The lowest BCUT2D eigenvalue weighted by Crippen LogP contribution is -2.06. The fraction of sp³-hybridized carbons (Fsp3) is 0.105. The summed E-state index contributed by atoms with van der Waals surface area (Å²) >= 11 is 0. The SMILES string of the molecule is COc1ccc(Nc2ncnc(Nc3ccc(C(=O)O)cc3)c2N)c(OC)c1. The molecule has 0 unspecified atom stereocenters. The molecule has 0 fully saturated rings. The molecule has 0 saturated heterocycles. The maximum absolute atomic E-state index is 10.9. The minimum atomic E-state index is -0.993. The van der Waals surface area contributed by atoms with Crippen molar-refractivity contribution in [2.45, 2.75) is 0 Å². The molecule has 0 radical (unpaired) electrons. The maximum Gasteiger partial charge on any atom is 0.335 e. The lowest BCUT2D eigenvalue weighted by molar-refractivity contribution is 0.0697. The van der Waals surface area contributed by atoms with E-state index in [0.29, 0.717) is 40.2 Å². The second kappa shape index (κ2) is 8.12. The third kappa shape index (κ3) is 4.04. The first-order valence-corrected chi connectivity index (χ1v) is 8.21. The van der Waals surface area contributed by atoms with Crippen LogP contribution in [-0.4, -0.2) is 35.3 Å². The second-order valence-electron chi connectivity index (χ2n) is 5.68. The van der Waals surface area contributed by atoms with E-state index in [1.165, 1.54) is 18.5 Å². The zero-order valence-corrected chi connectivity index (χ0v) is 15.3. The summed E-state index contributed by atoms with van der Waals surface area (Å²) in [7, 11) is 3.13. The van der Waals surface area contributed by atoms with Crippen LogP contribution in [0.4, 0.5) is 28.7 Å². The van der Waals surface area contributed by atoms with Gasteiger partial charge in [0.15, 0.2) is 11.6 Å². The van der Waals surface area contributed by atoms with Crippen LogP contribution < -0.4 is 25.8 Å². The number of methoxy groups -OCH3 is 2. The first kappa shape index (κ1) is 18.8. The number of nitrogens with one attached hydrogen (secondary N) is 2. The fourth-order valence-electron chi connectivity index (χ4n) is 2.46. The van der Waals surface area contributed by atoms with E-state index >= 15 is 0 Å². The van der Waals surface area contributed by atoms with Gasteiger partial charge in [0.1, 0.15) is 23.5 Å². The number of nitrogens with two attached hydrogens (primary N) is 1. The Morgan fingerprint density at radius 2 is 1.68 bits per heavy atom. The average Bonchev–Trinajstić information content (AvgIpc) is 2.71. The van der Waals surface area contributed by atoms with E-state index < -0.39 is 5.97 Å². The van der Waals surface area contributed by atoms with Crippen LogP contribution >= 0.6 is 0 Å². The first-order chi connectivity index (χ1) is 13.5. The number of aromatic nitrogens is 2. The first-order valence-electron chi connectivity index (χ1n) is 8.21. The number of carboxylic acid groups (broad SMARTS) is 1. The van der Waals surface area contributed by atoms with Gasteiger partial charge in [-0.05, 0) is 36.4 Å². The molecular formula is C19H19N5O4. The monoisotopic (exact) mass is 381 g/mol. The average molecular weight is 381 g/mol. The van der Waals surface area contributed by atoms with Crippen LogP contribution in [0.1, 0.15) is 10.4 Å². The van der Waals surface area contributed by atoms with Crippen molar-refractivity contribution in [2.75, 3.05) is 30.6 Å². The van der Waals surface area contributed by atoms with Crippen molar-refractivity contribution in [3.8, 4) is 11.5 Å². The standard InChI is InChI=1S/C19H19N5O4/c1-27-13-7-8-14(15(9-13)28-2)24-18-16(20)17(21-10-22-18)23-12-5-3-11(4-6-12)19(25)26/h3-10H,20H2,1-2H3,(H,25,26)(H2,21,22,23,24). The summed E-state index contributed by atoms with van der Waals surface area (Å²) in [6.07, 6.45) is 1.36. The molecule has 28 heavy (non-hydrogen) atoms. The predicted octanol–water partition coefficient (Wildman–Crippen LogP) is 3.26. The van der Waals surface area contributed by atoms with Crippen molar-refractivity contribution >= 4 is 34.7 Å². The normalized spacial score (nSPS) is 10.2. The molecule has 3 aromatic rings. The topological polar surface area (TPSA) is 132 Å². The Morgan fingerprint density at radius 1 is 1.00 bits per heavy atom. The molecular weight excluding hydrogens is 362 g/mol. The number of ether oxygens (including phenoxy) is 2. The van der Waals surface area contributed by atoms with Gasteiger partial charge in [-0.3, -0.25) is 0 Å². The third-order valence-corrected chi connectivity index (χ3v) is 3.94. The van der Waals surface area contributed by atoms with Gasteiger partial charge in [0.2, 0.25) is 0 Å². The molecule has 0 spiro atoms. The van der Waals surface area contributed by atoms with E-state index in [1.54, 1.807) is 44.6 Å². The van der Waals surface area contributed by atoms with Gasteiger partial charge in [0.05, 0.1) is 25.5 Å². The van der Waals surface area contributed by atoms with Gasteiger partial charge in [0.25, 0.3) is 0 Å². The van der Waals surface area contributed by atoms with E-state index in [-0.39, 0.29) is 5.56 Å². The molecule has 1 heterocycles. The van der Waals surface area contributed by atoms with Crippen LogP contribution in [0, 0.1) is 0 Å². The maximum atomic E-state index is 10.9. The van der Waals surface area contributed by atoms with Crippen molar-refractivity contribution in [2.24, 2.45) is 0 Å². The number of carboxylic acids is 1. The molecule has 3 rings (SSSR count). The number of hydrogen-bond acceptors (Lipinski definition) is 8. The predicted molar refractivity (Wildman–Crippen MR) is 106 cm³/mol. The number of aromatic carboxylic acids is 1. The summed E-state index contributed by atoms with van der Waals surface area (Å²) in [5.74, 6) is 1.01. The van der Waals surface area contributed by atoms with E-state index in [1.807, 2.05) is 0 Å². The number of hydrogen-bond donors (Lipinski definition) is 4. The molecule has 0 saturated carbocycles. The van der Waals surface area contributed by atoms with Gasteiger partial charge in [-0.15, -0.1) is 0 Å². The Hall–Kier alpha value is -4.01. The van der Waals surface area contributed by atoms with Crippen LogP contribution in [-0.2, 0) is 0 Å². The molecule has 0 atom stereocenters. The molecule has 5 N–H and O–H groups in total. The highest BCUT2D eigenvalue weighted by atomic mass is 16.5. The highest BCUT2D eigenvalue weighted by Gasteiger charge is 2.12. The highest BCUT2D eigenvalue weighted by Crippen LogP contribution is 2.34. The van der Waals surface area contributed by atoms with Crippen molar-refractivity contribution in [1.29, 1.82) is 0 Å². The second-order valence-corrected chi connectivity index (χ2v) is 5.68. The number of rotatable bonds is 7. The largest absolute Gasteiger partial charge is 0.497 e. The number of carbonyl (C=O) groups is 1. The summed E-state index contributed by atoms with van der Waals surface area (Å²) in [5, 5.41) is 15.1. The van der Waals surface area contributed by atoms with Gasteiger partial charge < -0.3 is 30.9 Å². The smallest absolute Gasteiger partial charge is 0.335 e. The van der Waals surface area contributed by atoms with Gasteiger partial charge in [-0.1, -0.05) is 0 Å². The van der Waals surface area contributed by atoms with Crippen LogP contribution in [0.3, 0.4) is 0 Å². The summed E-state index contributed by atoms with van der Waals surface area (Å²) in [4.78, 5) is 19.3. The molecule has 0 aliphatic carbocycles. The molecule has 2 aromatic carbocycles. The Morgan fingerprint density at radius 3 is 2.29 bits per heavy atom. The molecule has 9 heteroatoms. The summed E-state index contributed by atoms with van der Waals surface area (Å²) in [6.45, 7) is 0. The fourth-order valence-corrected chi connectivity index (χ4v) is 2.46. The van der Waals surface area contributed by atoms with Crippen molar-refractivity contribution in [3.63, 3.8) is 0 Å². The molecule has 144 valence electrons. The van der Waals surface area contributed by atoms with E-state index in [4.69, 9.17) is 20.3 Å². The lowest BCUT2D eigenvalue weighted by atomic mass is 10.2. The summed E-state index contributed by atoms with van der Waals surface area (Å²) in [6, 6.07) is 11.5. The van der Waals surface area contributed by atoms with Gasteiger partial charge in [0, 0.05) is 11.8 Å². The number of nitrogens with zero attached hydrogens (tertiary/aromatic N) is 2. The van der Waals surface area contributed by atoms with Crippen molar-refractivity contribution in [3.05, 3.63) is 54.4 Å². The number of nitrogen functional groups attached to an aromatic ring is 1.